The van der Waals surface area contributed by atoms with Gasteiger partial charge in [0.05, 0.1) is 13.0 Å². The second-order valence-corrected chi connectivity index (χ2v) is 7.94. The van der Waals surface area contributed by atoms with Crippen molar-refractivity contribution in [1.82, 2.24) is 10.2 Å². The van der Waals surface area contributed by atoms with Gasteiger partial charge in [-0.1, -0.05) is 48.5 Å². The Balaban J connectivity index is 1.76. The Hall–Kier alpha value is -3.15. The van der Waals surface area contributed by atoms with Gasteiger partial charge in [-0.3, -0.25) is 14.4 Å². The highest BCUT2D eigenvalue weighted by atomic mass is 16.5. The third kappa shape index (κ3) is 2.99. The Morgan fingerprint density at radius 3 is 2.21 bits per heavy atom. The molecule has 5 atom stereocenters. The van der Waals surface area contributed by atoms with Crippen LogP contribution in [-0.2, 0) is 14.3 Å². The van der Waals surface area contributed by atoms with Gasteiger partial charge in [0.2, 0.25) is 5.91 Å². The van der Waals surface area contributed by atoms with Crippen LogP contribution in [0.5, 0.6) is 0 Å². The molecule has 2 amide bonds. The lowest BCUT2D eigenvalue weighted by Crippen LogP contribution is -2.64. The fourth-order valence-corrected chi connectivity index (χ4v) is 4.92. The van der Waals surface area contributed by atoms with Gasteiger partial charge in [-0.2, -0.15) is 0 Å². The third-order valence-corrected chi connectivity index (χ3v) is 6.30. The number of benzene rings is 2. The number of rotatable bonds is 4. The molecule has 6 nitrogen and oxygen atoms in total. The lowest BCUT2D eigenvalue weighted by molar-refractivity contribution is -0.143. The van der Waals surface area contributed by atoms with Crippen LogP contribution in [0.15, 0.2) is 60.7 Å². The molecule has 150 valence electrons. The number of ether oxygens (including phenoxy) is 1. The maximum atomic E-state index is 13.5. The summed E-state index contributed by atoms with van der Waals surface area (Å²) in [6.07, 6.45) is 0. The molecule has 0 unspecified atom stereocenters. The summed E-state index contributed by atoms with van der Waals surface area (Å²) in [7, 11) is 3.06. The van der Waals surface area contributed by atoms with Gasteiger partial charge in [-0.05, 0) is 24.6 Å². The minimum atomic E-state index is -1.19. The number of amides is 2. The Morgan fingerprint density at radius 1 is 1.03 bits per heavy atom. The normalized spacial score (nSPS) is 30.3. The van der Waals surface area contributed by atoms with E-state index >= 15 is 0 Å². The van der Waals surface area contributed by atoms with Gasteiger partial charge in [0.15, 0.2) is 0 Å². The van der Waals surface area contributed by atoms with E-state index in [1.54, 1.807) is 43.1 Å². The van der Waals surface area contributed by atoms with E-state index in [1.165, 1.54) is 7.11 Å². The van der Waals surface area contributed by atoms with Crippen LogP contribution in [0.25, 0.3) is 0 Å². The van der Waals surface area contributed by atoms with Gasteiger partial charge in [0.1, 0.15) is 5.54 Å². The molecule has 0 aromatic heterocycles. The zero-order valence-corrected chi connectivity index (χ0v) is 16.7. The summed E-state index contributed by atoms with van der Waals surface area (Å²) >= 11 is 0. The first kappa shape index (κ1) is 19.2. The van der Waals surface area contributed by atoms with Crippen LogP contribution in [0.1, 0.15) is 28.8 Å². The first-order valence-electron chi connectivity index (χ1n) is 9.67. The number of piperidine rings is 1. The fourth-order valence-electron chi connectivity index (χ4n) is 4.92. The molecule has 0 bridgehead atoms. The highest BCUT2D eigenvalue weighted by molar-refractivity contribution is 6.01. The summed E-state index contributed by atoms with van der Waals surface area (Å²) in [5.74, 6) is -1.69. The molecule has 4 rings (SSSR count). The number of nitrogens with one attached hydrogen (secondary N) is 1. The van der Waals surface area contributed by atoms with Crippen molar-refractivity contribution in [3.63, 3.8) is 0 Å². The molecular weight excluding hydrogens is 368 g/mol. The monoisotopic (exact) mass is 392 g/mol. The predicted octanol–water partition coefficient (Wildman–Crippen LogP) is 2.22. The van der Waals surface area contributed by atoms with Gasteiger partial charge >= 0.3 is 5.97 Å². The van der Waals surface area contributed by atoms with Crippen molar-refractivity contribution in [3.8, 4) is 0 Å². The Labute approximate surface area is 169 Å². The van der Waals surface area contributed by atoms with E-state index in [-0.39, 0.29) is 35.7 Å². The molecule has 1 saturated heterocycles. The molecule has 2 aliphatic rings. The summed E-state index contributed by atoms with van der Waals surface area (Å²) in [6, 6.07) is 18.2. The molecular formula is C23H24N2O4. The highest BCUT2D eigenvalue weighted by Crippen LogP contribution is 2.59. The summed E-state index contributed by atoms with van der Waals surface area (Å²) in [6.45, 7) is 1.76. The minimum absolute atomic E-state index is 0.117. The number of esters is 1. The number of fused-ring (bicyclic) bond motifs is 1. The van der Waals surface area contributed by atoms with Crippen LogP contribution in [0, 0.1) is 11.8 Å². The average Bonchev–Trinajstić information content (AvgIpc) is 3.48. The quantitative estimate of drug-likeness (QED) is 0.810. The summed E-state index contributed by atoms with van der Waals surface area (Å²) in [4.78, 5) is 40.4. The van der Waals surface area contributed by atoms with Crippen molar-refractivity contribution >= 4 is 17.8 Å². The second-order valence-electron chi connectivity index (χ2n) is 7.94. The maximum absolute atomic E-state index is 13.5. The van der Waals surface area contributed by atoms with Crippen molar-refractivity contribution in [2.75, 3.05) is 14.2 Å². The van der Waals surface area contributed by atoms with E-state index < -0.39 is 11.5 Å². The topological polar surface area (TPSA) is 75.7 Å². The smallest absolute Gasteiger partial charge is 0.311 e. The lowest BCUT2D eigenvalue weighted by atomic mass is 9.73. The largest absolute Gasteiger partial charge is 0.469 e. The third-order valence-electron chi connectivity index (χ3n) is 6.30. The van der Waals surface area contributed by atoms with Crippen molar-refractivity contribution in [3.05, 3.63) is 71.8 Å². The van der Waals surface area contributed by atoms with Crippen LogP contribution >= 0.6 is 0 Å². The molecule has 2 aromatic rings. The number of carbonyl (C=O) groups is 3. The van der Waals surface area contributed by atoms with E-state index in [1.807, 2.05) is 36.4 Å². The highest BCUT2D eigenvalue weighted by Gasteiger charge is 2.71. The summed E-state index contributed by atoms with van der Waals surface area (Å²) < 4.78 is 4.99. The summed E-state index contributed by atoms with van der Waals surface area (Å²) in [5.41, 5.74) is 0.220. The van der Waals surface area contributed by atoms with Crippen molar-refractivity contribution < 1.29 is 19.1 Å². The Morgan fingerprint density at radius 2 is 1.62 bits per heavy atom. The first-order chi connectivity index (χ1) is 13.9. The zero-order valence-electron chi connectivity index (χ0n) is 16.7. The number of likely N-dealkylation sites (N-methyl/N-ethyl adjacent to an activating group) is 1. The molecule has 1 aliphatic heterocycles. The average molecular weight is 392 g/mol. The van der Waals surface area contributed by atoms with E-state index in [0.717, 1.165) is 5.56 Å². The van der Waals surface area contributed by atoms with Gasteiger partial charge in [-0.15, -0.1) is 0 Å². The van der Waals surface area contributed by atoms with Crippen molar-refractivity contribution in [2.24, 2.45) is 11.8 Å². The Kier molecular flexibility index (Phi) is 4.65. The molecule has 29 heavy (non-hydrogen) atoms. The van der Waals surface area contributed by atoms with Crippen LogP contribution in [0.3, 0.4) is 0 Å². The number of nitrogens with zero attached hydrogens (tertiary/aromatic N) is 1. The first-order valence-corrected chi connectivity index (χ1v) is 9.67. The Bertz CT molecular complexity index is 946. The SMILES string of the molecule is COC(=O)[C@@H]1[C@H]2[C@@H]1N(C)C(=O)[C@](C)(NC(=O)c1ccccc1)[C@H]2c1ccccc1. The van der Waals surface area contributed by atoms with Gasteiger partial charge in [0, 0.05) is 30.5 Å². The van der Waals surface area contributed by atoms with E-state index in [9.17, 15) is 14.4 Å². The zero-order chi connectivity index (χ0) is 20.8. The number of carbonyl (C=O) groups excluding carboxylic acids is 3. The maximum Gasteiger partial charge on any atom is 0.311 e. The number of methoxy groups -OCH3 is 1. The lowest BCUT2D eigenvalue weighted by Gasteiger charge is -2.44. The molecule has 2 aromatic carbocycles. The van der Waals surface area contributed by atoms with Gasteiger partial charge in [0.25, 0.3) is 5.91 Å². The van der Waals surface area contributed by atoms with Crippen molar-refractivity contribution in [2.45, 2.75) is 24.4 Å². The van der Waals surface area contributed by atoms with E-state index in [0.29, 0.717) is 5.56 Å². The van der Waals surface area contributed by atoms with E-state index in [2.05, 4.69) is 5.32 Å². The number of hydrogen-bond acceptors (Lipinski definition) is 4. The second kappa shape index (κ2) is 7.03. The van der Waals surface area contributed by atoms with Crippen LogP contribution in [0.2, 0.25) is 0 Å². The van der Waals surface area contributed by atoms with Crippen LogP contribution in [0.4, 0.5) is 0 Å². The van der Waals surface area contributed by atoms with Crippen LogP contribution < -0.4 is 5.32 Å². The minimum Gasteiger partial charge on any atom is -0.469 e. The van der Waals surface area contributed by atoms with E-state index in [4.69, 9.17) is 4.74 Å². The number of hydrogen-bond donors (Lipinski definition) is 1. The van der Waals surface area contributed by atoms with Gasteiger partial charge in [-0.25, -0.2) is 0 Å². The summed E-state index contributed by atoms with van der Waals surface area (Å²) in [5, 5.41) is 2.99. The molecule has 1 N–H and O–H groups in total. The molecule has 1 aliphatic carbocycles. The molecule has 0 spiro atoms. The number of likely N-dealkylation sites (tertiary alicyclic amines) is 1. The molecule has 6 heteroatoms. The standard InChI is InChI=1S/C23H24N2O4/c1-23(24-20(26)15-12-8-5-9-13-15)18(14-10-6-4-7-11-14)16-17(21(27)29-3)19(16)25(2)22(23)28/h4-13,16-19H,1-3H3,(H,24,26)/t16-,17-,18+,19+,23-/m1/s1. The molecule has 0 radical (unpaired) electrons. The van der Waals surface area contributed by atoms with Crippen LogP contribution in [-0.4, -0.2) is 48.4 Å². The fraction of sp³-hybridized carbons (Fsp3) is 0.348. The molecule has 2 fully saturated rings. The molecule has 1 saturated carbocycles. The van der Waals surface area contributed by atoms with Crippen molar-refractivity contribution in [1.29, 1.82) is 0 Å². The van der Waals surface area contributed by atoms with Gasteiger partial charge < -0.3 is 15.0 Å². The predicted molar refractivity (Wildman–Crippen MR) is 107 cm³/mol. The molecule has 1 heterocycles.